The van der Waals surface area contributed by atoms with E-state index in [1.54, 1.807) is 12.1 Å². The van der Waals surface area contributed by atoms with Gasteiger partial charge in [-0.25, -0.2) is 0 Å². The molecule has 0 aliphatic heterocycles. The molecular weight excluding hydrogens is 202 g/mol. The quantitative estimate of drug-likeness (QED) is 0.473. The van der Waals surface area contributed by atoms with Gasteiger partial charge >= 0.3 is 0 Å². The van der Waals surface area contributed by atoms with Crippen molar-refractivity contribution in [2.45, 2.75) is 13.3 Å². The molecule has 0 aliphatic rings. The van der Waals surface area contributed by atoms with Gasteiger partial charge in [-0.3, -0.25) is 9.59 Å². The van der Waals surface area contributed by atoms with Crippen LogP contribution in [0.25, 0.3) is 0 Å². The highest BCUT2D eigenvalue weighted by molar-refractivity contribution is 6.31. The molecule has 1 aromatic rings. The summed E-state index contributed by atoms with van der Waals surface area (Å²) in [4.78, 5) is 22.2. The second-order valence-corrected chi connectivity index (χ2v) is 3.47. The van der Waals surface area contributed by atoms with E-state index in [9.17, 15) is 9.59 Å². The second-order valence-electron chi connectivity index (χ2n) is 3.03. The number of hydrogen-bond acceptors (Lipinski definition) is 3. The number of hydrogen-bond donors (Lipinski definition) is 1. The second kappa shape index (κ2) is 4.24. The van der Waals surface area contributed by atoms with Gasteiger partial charge in [0.15, 0.2) is 5.78 Å². The lowest BCUT2D eigenvalue weighted by atomic mass is 10.0. The predicted octanol–water partition coefficient (Wildman–Crippen LogP) is 2.08. The first-order valence-electron chi connectivity index (χ1n) is 4.08. The number of carbonyl (C=O) groups excluding carboxylic acids is 2. The minimum absolute atomic E-state index is 0.134. The maximum Gasteiger partial charge on any atom is 0.172 e. The number of halogens is 1. The Balaban J connectivity index is 3.00. The molecule has 1 rings (SSSR count). The molecule has 0 saturated heterocycles. The Bertz CT molecular complexity index is 388. The van der Waals surface area contributed by atoms with Crippen LogP contribution in [0.3, 0.4) is 0 Å². The summed E-state index contributed by atoms with van der Waals surface area (Å²) >= 11 is 5.70. The summed E-state index contributed by atoms with van der Waals surface area (Å²) in [7, 11) is 0. The molecule has 74 valence electrons. The molecule has 0 aliphatic carbocycles. The van der Waals surface area contributed by atoms with Crippen molar-refractivity contribution in [1.29, 1.82) is 0 Å². The van der Waals surface area contributed by atoms with Crippen molar-refractivity contribution in [3.8, 4) is 0 Å². The van der Waals surface area contributed by atoms with Crippen LogP contribution in [0.2, 0.25) is 5.02 Å². The number of benzene rings is 1. The first kappa shape index (κ1) is 10.7. The van der Waals surface area contributed by atoms with Crippen molar-refractivity contribution in [1.82, 2.24) is 0 Å². The number of Topliss-reactive ketones (excluding diaryl/α,β-unsaturated/α-hetero) is 2. The number of ketones is 2. The molecule has 4 heteroatoms. The molecule has 0 unspecified atom stereocenters. The summed E-state index contributed by atoms with van der Waals surface area (Å²) in [5.41, 5.74) is 6.24. The average Bonchev–Trinajstić information content (AvgIpc) is 2.08. The largest absolute Gasteiger partial charge is 0.398 e. The Morgan fingerprint density at radius 2 is 2.07 bits per heavy atom. The van der Waals surface area contributed by atoms with Crippen molar-refractivity contribution in [3.63, 3.8) is 0 Å². The molecule has 1 aromatic carbocycles. The third-order valence-corrected chi connectivity index (χ3v) is 1.96. The van der Waals surface area contributed by atoms with E-state index >= 15 is 0 Å². The summed E-state index contributed by atoms with van der Waals surface area (Å²) in [5.74, 6) is -0.480. The standard InChI is InChI=1S/C10H10ClNO2/c1-6(13)4-10(14)8-5-7(11)2-3-9(8)12/h2-3,5H,4,12H2,1H3. The number of nitrogens with two attached hydrogens (primary N) is 1. The highest BCUT2D eigenvalue weighted by Gasteiger charge is 2.12. The zero-order chi connectivity index (χ0) is 10.7. The lowest BCUT2D eigenvalue weighted by Gasteiger charge is -2.03. The van der Waals surface area contributed by atoms with E-state index in [2.05, 4.69) is 0 Å². The fraction of sp³-hybridized carbons (Fsp3) is 0.200. The predicted molar refractivity (Wildman–Crippen MR) is 55.5 cm³/mol. The van der Waals surface area contributed by atoms with Crippen LogP contribution in [0.1, 0.15) is 23.7 Å². The highest BCUT2D eigenvalue weighted by atomic mass is 35.5. The van der Waals surface area contributed by atoms with Gasteiger partial charge < -0.3 is 5.73 Å². The maximum absolute atomic E-state index is 11.5. The van der Waals surface area contributed by atoms with E-state index in [-0.39, 0.29) is 18.0 Å². The number of carbonyl (C=O) groups is 2. The summed E-state index contributed by atoms with van der Waals surface area (Å²) in [6.45, 7) is 1.36. The van der Waals surface area contributed by atoms with Crippen LogP contribution in [-0.4, -0.2) is 11.6 Å². The Labute approximate surface area is 86.9 Å². The number of nitrogen functional groups attached to an aromatic ring is 1. The lowest BCUT2D eigenvalue weighted by molar-refractivity contribution is -0.116. The third-order valence-electron chi connectivity index (χ3n) is 1.73. The van der Waals surface area contributed by atoms with E-state index in [1.807, 2.05) is 0 Å². The smallest absolute Gasteiger partial charge is 0.172 e. The van der Waals surface area contributed by atoms with Crippen molar-refractivity contribution in [2.24, 2.45) is 0 Å². The van der Waals surface area contributed by atoms with Crippen LogP contribution in [0.15, 0.2) is 18.2 Å². The Morgan fingerprint density at radius 3 is 2.64 bits per heavy atom. The Morgan fingerprint density at radius 1 is 1.43 bits per heavy atom. The topological polar surface area (TPSA) is 60.2 Å². The third kappa shape index (κ3) is 2.57. The number of anilines is 1. The SMILES string of the molecule is CC(=O)CC(=O)c1cc(Cl)ccc1N. The summed E-state index contributed by atoms with van der Waals surface area (Å²) in [6.07, 6.45) is -0.134. The molecule has 2 N–H and O–H groups in total. The molecule has 14 heavy (non-hydrogen) atoms. The zero-order valence-electron chi connectivity index (χ0n) is 7.71. The first-order chi connectivity index (χ1) is 6.50. The van der Waals surface area contributed by atoms with Crippen molar-refractivity contribution >= 4 is 28.9 Å². The molecule has 0 bridgehead atoms. The van der Waals surface area contributed by atoms with Gasteiger partial charge in [0.2, 0.25) is 0 Å². The van der Waals surface area contributed by atoms with Gasteiger partial charge in [0.25, 0.3) is 0 Å². The van der Waals surface area contributed by atoms with Gasteiger partial charge in [-0.1, -0.05) is 11.6 Å². The van der Waals surface area contributed by atoms with Crippen LogP contribution in [0, 0.1) is 0 Å². The molecule has 0 spiro atoms. The van der Waals surface area contributed by atoms with E-state index in [0.717, 1.165) is 0 Å². The molecular formula is C10H10ClNO2. The fourth-order valence-corrected chi connectivity index (χ4v) is 1.26. The molecule has 0 amide bonds. The van der Waals surface area contributed by atoms with E-state index in [1.165, 1.54) is 13.0 Å². The van der Waals surface area contributed by atoms with Crippen molar-refractivity contribution in [3.05, 3.63) is 28.8 Å². The van der Waals surface area contributed by atoms with Crippen LogP contribution in [0.4, 0.5) is 5.69 Å². The minimum atomic E-state index is -0.294. The van der Waals surface area contributed by atoms with Crippen LogP contribution >= 0.6 is 11.6 Å². The van der Waals surface area contributed by atoms with Gasteiger partial charge in [-0.2, -0.15) is 0 Å². The van der Waals surface area contributed by atoms with Gasteiger partial charge in [-0.05, 0) is 25.1 Å². The first-order valence-corrected chi connectivity index (χ1v) is 4.46. The molecule has 3 nitrogen and oxygen atoms in total. The maximum atomic E-state index is 11.5. The van der Waals surface area contributed by atoms with Crippen molar-refractivity contribution in [2.75, 3.05) is 5.73 Å². The highest BCUT2D eigenvalue weighted by Crippen LogP contribution is 2.19. The van der Waals surface area contributed by atoms with Gasteiger partial charge in [-0.15, -0.1) is 0 Å². The molecule has 0 fully saturated rings. The monoisotopic (exact) mass is 211 g/mol. The lowest BCUT2D eigenvalue weighted by Crippen LogP contribution is -2.07. The Kier molecular flexibility index (Phi) is 3.25. The molecule has 0 atom stereocenters. The van der Waals surface area contributed by atoms with Gasteiger partial charge in [0.1, 0.15) is 5.78 Å². The Hall–Kier alpha value is -1.35. The van der Waals surface area contributed by atoms with E-state index in [4.69, 9.17) is 17.3 Å². The van der Waals surface area contributed by atoms with Gasteiger partial charge in [0, 0.05) is 16.3 Å². The van der Waals surface area contributed by atoms with Crippen molar-refractivity contribution < 1.29 is 9.59 Å². The van der Waals surface area contributed by atoms with E-state index < -0.39 is 0 Å². The summed E-state index contributed by atoms with van der Waals surface area (Å²) in [5, 5.41) is 0.436. The van der Waals surface area contributed by atoms with E-state index in [0.29, 0.717) is 16.3 Å². The van der Waals surface area contributed by atoms with Crippen LogP contribution in [-0.2, 0) is 4.79 Å². The minimum Gasteiger partial charge on any atom is -0.398 e. The zero-order valence-corrected chi connectivity index (χ0v) is 8.47. The number of rotatable bonds is 3. The molecule has 0 radical (unpaired) electrons. The molecule has 0 saturated carbocycles. The van der Waals surface area contributed by atoms with Gasteiger partial charge in [0.05, 0.1) is 6.42 Å². The summed E-state index contributed by atoms with van der Waals surface area (Å²) in [6, 6.07) is 4.62. The molecule has 0 aromatic heterocycles. The average molecular weight is 212 g/mol. The molecule has 0 heterocycles. The van der Waals surface area contributed by atoms with Crippen LogP contribution in [0.5, 0.6) is 0 Å². The van der Waals surface area contributed by atoms with Crippen LogP contribution < -0.4 is 5.73 Å². The normalized spacial score (nSPS) is 9.86. The summed E-state index contributed by atoms with van der Waals surface area (Å²) < 4.78 is 0. The fourth-order valence-electron chi connectivity index (χ4n) is 1.09.